The first kappa shape index (κ1) is 21.2. The average molecular weight is 421 g/mol. The van der Waals surface area contributed by atoms with Crippen molar-refractivity contribution in [3.05, 3.63) is 83.5 Å². The van der Waals surface area contributed by atoms with E-state index >= 15 is 0 Å². The van der Waals surface area contributed by atoms with Crippen LogP contribution >= 0.6 is 0 Å². The fourth-order valence-corrected chi connectivity index (χ4v) is 4.32. The predicted octanol–water partition coefficient (Wildman–Crippen LogP) is 4.36. The molecule has 1 atom stereocenters. The minimum Gasteiger partial charge on any atom is -0.342 e. The van der Waals surface area contributed by atoms with Crippen molar-refractivity contribution < 1.29 is 9.18 Å². The summed E-state index contributed by atoms with van der Waals surface area (Å²) in [7, 11) is 0. The number of aryl methyl sites for hydroxylation is 1. The average Bonchev–Trinajstić information content (AvgIpc) is 3.20. The second-order valence-electron chi connectivity index (χ2n) is 8.49. The van der Waals surface area contributed by atoms with Gasteiger partial charge in [-0.1, -0.05) is 31.2 Å². The summed E-state index contributed by atoms with van der Waals surface area (Å²) in [5, 5.41) is 0. The Morgan fingerprint density at radius 2 is 1.94 bits per heavy atom. The third-order valence-electron chi connectivity index (χ3n) is 6.24. The Morgan fingerprint density at radius 3 is 2.58 bits per heavy atom. The molecule has 0 unspecified atom stereocenters. The summed E-state index contributed by atoms with van der Waals surface area (Å²) in [6, 6.07) is 11.0. The number of pyridine rings is 1. The van der Waals surface area contributed by atoms with Crippen molar-refractivity contribution in [3.63, 3.8) is 0 Å². The largest absolute Gasteiger partial charge is 0.342 e. The minimum atomic E-state index is -0.180. The number of amides is 1. The van der Waals surface area contributed by atoms with Gasteiger partial charge in [-0.05, 0) is 43.0 Å². The first-order valence-electron chi connectivity index (χ1n) is 11.0. The molecular formula is C25H29FN4O. The lowest BCUT2D eigenvalue weighted by molar-refractivity contribution is -0.136. The Hall–Kier alpha value is -3.02. The fourth-order valence-electron chi connectivity index (χ4n) is 4.32. The Balaban J connectivity index is 1.30. The minimum absolute atomic E-state index is 0.0692. The lowest BCUT2D eigenvalue weighted by Crippen LogP contribution is -2.41. The van der Waals surface area contributed by atoms with Crippen molar-refractivity contribution in [3.8, 4) is 0 Å². The molecule has 1 aliphatic heterocycles. The van der Waals surface area contributed by atoms with Crippen molar-refractivity contribution in [2.45, 2.75) is 45.6 Å². The summed E-state index contributed by atoms with van der Waals surface area (Å²) in [5.74, 6) is 1.25. The Morgan fingerprint density at radius 1 is 1.16 bits per heavy atom. The highest BCUT2D eigenvalue weighted by atomic mass is 19.1. The van der Waals surface area contributed by atoms with Crippen LogP contribution in [0.1, 0.15) is 48.3 Å². The predicted molar refractivity (Wildman–Crippen MR) is 118 cm³/mol. The maximum absolute atomic E-state index is 13.9. The van der Waals surface area contributed by atoms with Crippen molar-refractivity contribution in [2.24, 2.45) is 5.92 Å². The van der Waals surface area contributed by atoms with Gasteiger partial charge in [-0.2, -0.15) is 0 Å². The van der Waals surface area contributed by atoms with Crippen molar-refractivity contribution >= 4 is 5.91 Å². The van der Waals surface area contributed by atoms with Gasteiger partial charge in [0.15, 0.2) is 0 Å². The molecule has 0 aliphatic carbocycles. The van der Waals surface area contributed by atoms with E-state index in [0.29, 0.717) is 24.4 Å². The molecule has 0 radical (unpaired) electrons. The molecule has 1 aromatic carbocycles. The van der Waals surface area contributed by atoms with Crippen molar-refractivity contribution in [2.75, 3.05) is 13.1 Å². The number of carbonyl (C=O) groups excluding carboxylic acids is 1. The van der Waals surface area contributed by atoms with E-state index in [1.54, 1.807) is 12.3 Å². The van der Waals surface area contributed by atoms with Crippen LogP contribution in [-0.4, -0.2) is 38.4 Å². The third kappa shape index (κ3) is 5.01. The number of hydrogen-bond acceptors (Lipinski definition) is 3. The topological polar surface area (TPSA) is 51.0 Å². The molecule has 2 aromatic heterocycles. The van der Waals surface area contributed by atoms with Crippen LogP contribution in [0.4, 0.5) is 4.39 Å². The zero-order chi connectivity index (χ0) is 21.8. The van der Waals surface area contributed by atoms with Gasteiger partial charge in [-0.3, -0.25) is 9.78 Å². The molecule has 0 bridgehead atoms. The molecule has 0 spiro atoms. The lowest BCUT2D eigenvalue weighted by Gasteiger charge is -2.33. The van der Waals surface area contributed by atoms with E-state index < -0.39 is 0 Å². The van der Waals surface area contributed by atoms with E-state index in [2.05, 4.69) is 16.0 Å². The van der Waals surface area contributed by atoms with Crippen LogP contribution in [0.5, 0.6) is 0 Å². The van der Waals surface area contributed by atoms with Crippen LogP contribution in [0.3, 0.4) is 0 Å². The number of hydrogen-bond donors (Lipinski definition) is 0. The summed E-state index contributed by atoms with van der Waals surface area (Å²) in [6.45, 7) is 6.13. The molecule has 6 heteroatoms. The summed E-state index contributed by atoms with van der Waals surface area (Å²) in [4.78, 5) is 23.7. The molecule has 0 saturated carbocycles. The second kappa shape index (κ2) is 9.41. The fraction of sp³-hybridized carbons (Fsp3) is 0.400. The number of imidazole rings is 1. The molecule has 3 heterocycles. The summed E-state index contributed by atoms with van der Waals surface area (Å²) in [5.41, 5.74) is 2.75. The van der Waals surface area contributed by atoms with Crippen LogP contribution in [-0.2, 0) is 17.8 Å². The van der Waals surface area contributed by atoms with Crippen LogP contribution in [0.2, 0.25) is 0 Å². The van der Waals surface area contributed by atoms with E-state index in [4.69, 9.17) is 0 Å². The second-order valence-corrected chi connectivity index (χ2v) is 8.49. The number of likely N-dealkylation sites (tertiary alicyclic amines) is 1. The standard InChI is InChI=1S/C25H29FN4O/c1-18(17-30-14-11-27-19(30)2)25(31)29-12-9-21(10-13-29)24-8-7-20(16-28-24)15-22-5-3-4-6-23(22)26/h3-8,11,14,16,18,21H,9-10,12-13,15,17H2,1-2H3/t18-/m0/s1. The number of carbonyl (C=O) groups is 1. The maximum Gasteiger partial charge on any atom is 0.227 e. The van der Waals surface area contributed by atoms with Crippen molar-refractivity contribution in [1.29, 1.82) is 0 Å². The number of aromatic nitrogens is 3. The molecule has 5 nitrogen and oxygen atoms in total. The van der Waals surface area contributed by atoms with Gasteiger partial charge in [0.25, 0.3) is 0 Å². The zero-order valence-electron chi connectivity index (χ0n) is 18.2. The number of halogens is 1. The monoisotopic (exact) mass is 420 g/mol. The van der Waals surface area contributed by atoms with Gasteiger partial charge in [-0.15, -0.1) is 0 Å². The molecular weight excluding hydrogens is 391 g/mol. The first-order valence-corrected chi connectivity index (χ1v) is 11.0. The van der Waals surface area contributed by atoms with Crippen LogP contribution in [0.15, 0.2) is 55.0 Å². The first-order chi connectivity index (χ1) is 15.0. The highest BCUT2D eigenvalue weighted by Gasteiger charge is 2.27. The van der Waals surface area contributed by atoms with E-state index in [0.717, 1.165) is 43.0 Å². The highest BCUT2D eigenvalue weighted by Crippen LogP contribution is 2.28. The van der Waals surface area contributed by atoms with Gasteiger partial charge in [0.05, 0.1) is 5.92 Å². The SMILES string of the molecule is Cc1nccn1C[C@H](C)C(=O)N1CCC(c2ccc(Cc3ccccc3F)cn2)CC1. The van der Waals surface area contributed by atoms with Gasteiger partial charge in [0.1, 0.15) is 11.6 Å². The van der Waals surface area contributed by atoms with Crippen LogP contribution in [0.25, 0.3) is 0 Å². The molecule has 3 aromatic rings. The normalized spacial score (nSPS) is 15.8. The van der Waals surface area contributed by atoms with Crippen LogP contribution < -0.4 is 0 Å². The number of piperidine rings is 1. The summed E-state index contributed by atoms with van der Waals surface area (Å²) >= 11 is 0. The van der Waals surface area contributed by atoms with E-state index in [-0.39, 0.29) is 17.6 Å². The molecule has 1 fully saturated rings. The van der Waals surface area contributed by atoms with Gasteiger partial charge < -0.3 is 9.47 Å². The molecule has 4 rings (SSSR count). The molecule has 1 aliphatic rings. The quantitative estimate of drug-likeness (QED) is 0.595. The molecule has 1 amide bonds. The van der Waals surface area contributed by atoms with Gasteiger partial charge in [0, 0.05) is 56.3 Å². The third-order valence-corrected chi connectivity index (χ3v) is 6.24. The van der Waals surface area contributed by atoms with Gasteiger partial charge in [0.2, 0.25) is 5.91 Å². The van der Waals surface area contributed by atoms with Gasteiger partial charge >= 0.3 is 0 Å². The lowest BCUT2D eigenvalue weighted by atomic mass is 9.92. The Labute approximate surface area is 182 Å². The van der Waals surface area contributed by atoms with E-state index in [9.17, 15) is 9.18 Å². The molecule has 0 N–H and O–H groups in total. The number of nitrogens with zero attached hydrogens (tertiary/aromatic N) is 4. The summed E-state index contributed by atoms with van der Waals surface area (Å²) < 4.78 is 15.9. The molecule has 162 valence electrons. The molecule has 1 saturated heterocycles. The Bertz CT molecular complexity index is 1020. The number of rotatable bonds is 6. The smallest absolute Gasteiger partial charge is 0.227 e. The van der Waals surface area contributed by atoms with Crippen LogP contribution in [0, 0.1) is 18.7 Å². The zero-order valence-corrected chi connectivity index (χ0v) is 18.2. The molecule has 31 heavy (non-hydrogen) atoms. The maximum atomic E-state index is 13.9. The number of benzene rings is 1. The van der Waals surface area contributed by atoms with Gasteiger partial charge in [-0.25, -0.2) is 9.37 Å². The van der Waals surface area contributed by atoms with E-state index in [1.165, 1.54) is 6.07 Å². The van der Waals surface area contributed by atoms with E-state index in [1.807, 2.05) is 53.9 Å². The Kier molecular flexibility index (Phi) is 6.44. The van der Waals surface area contributed by atoms with Crippen molar-refractivity contribution in [1.82, 2.24) is 19.4 Å². The highest BCUT2D eigenvalue weighted by molar-refractivity contribution is 5.78. The summed E-state index contributed by atoms with van der Waals surface area (Å²) in [6.07, 6.45) is 7.93.